The molecule has 0 aromatic heterocycles. The van der Waals surface area contributed by atoms with Crippen molar-refractivity contribution in [1.82, 2.24) is 5.32 Å². The summed E-state index contributed by atoms with van der Waals surface area (Å²) < 4.78 is 31.9. The molecule has 0 aromatic rings. The molecular formula is C42H81N3O5S. The van der Waals surface area contributed by atoms with Crippen molar-refractivity contribution in [2.75, 3.05) is 40.3 Å². The maximum absolute atomic E-state index is 12.4. The molecule has 0 spiro atoms. The minimum absolute atomic E-state index is 0.231. The van der Waals surface area contributed by atoms with Crippen LogP contribution in [0.15, 0.2) is 29.3 Å². The maximum Gasteiger partial charge on any atom is 0.220 e. The molecule has 8 nitrogen and oxygen atoms in total. The number of nitrogens with one attached hydrogen (secondary N) is 1. The second-order valence-corrected chi connectivity index (χ2v) is 15.9. The molecule has 1 unspecified atom stereocenters. The number of likely N-dealkylation sites (N-methyl/N-ethyl adjacent to an activating group) is 1. The van der Waals surface area contributed by atoms with Crippen LogP contribution in [0.1, 0.15) is 194 Å². The molecule has 1 heterocycles. The molecule has 1 N–H and O–H groups in total. The Hall–Kier alpha value is -1.55. The predicted molar refractivity (Wildman–Crippen MR) is 217 cm³/mol. The van der Waals surface area contributed by atoms with Gasteiger partial charge in [-0.3, -0.25) is 13.5 Å². The zero-order valence-corrected chi connectivity index (χ0v) is 34.6. The molecule has 0 fully saturated rings. The van der Waals surface area contributed by atoms with Gasteiger partial charge >= 0.3 is 0 Å². The van der Waals surface area contributed by atoms with Crippen LogP contribution in [0.3, 0.4) is 0 Å². The highest BCUT2D eigenvalue weighted by Crippen LogP contribution is 2.18. The first-order valence-corrected chi connectivity index (χ1v) is 22.5. The lowest BCUT2D eigenvalue weighted by Crippen LogP contribution is -2.51. The number of carbonyl (C=O) groups excluding carboxylic acids is 1. The largest absolute Gasteiger partial charge is 0.726 e. The van der Waals surface area contributed by atoms with Crippen LogP contribution < -0.4 is 5.32 Å². The molecule has 1 aliphatic heterocycles. The molecule has 0 saturated heterocycles. The monoisotopic (exact) mass is 740 g/mol. The smallest absolute Gasteiger partial charge is 0.220 e. The normalized spacial score (nSPS) is 16.1. The van der Waals surface area contributed by atoms with Crippen molar-refractivity contribution in [3.05, 3.63) is 24.3 Å². The van der Waals surface area contributed by atoms with Gasteiger partial charge in [0.15, 0.2) is 5.84 Å². The molecule has 9 heteroatoms. The Morgan fingerprint density at radius 1 is 0.706 bits per heavy atom. The van der Waals surface area contributed by atoms with E-state index in [2.05, 4.69) is 54.7 Å². The third-order valence-corrected chi connectivity index (χ3v) is 10.4. The van der Waals surface area contributed by atoms with Crippen LogP contribution in [0.25, 0.3) is 0 Å². The average molecular weight is 740 g/mol. The number of carbonyl (C=O) groups is 1. The summed E-state index contributed by atoms with van der Waals surface area (Å²) in [5.74, 6) is 1.59. The minimum atomic E-state index is -4.41. The zero-order chi connectivity index (χ0) is 37.7. The van der Waals surface area contributed by atoms with Gasteiger partial charge < -0.3 is 9.87 Å². The Bertz CT molecular complexity index is 998. The fraction of sp³-hybridized carbons (Fsp3) is 0.857. The van der Waals surface area contributed by atoms with E-state index >= 15 is 0 Å². The number of nitrogens with zero attached hydrogens (tertiary/aromatic N) is 2. The quantitative estimate of drug-likeness (QED) is 0.0232. The SMILES string of the molecule is CCCCCCCC/C=C/CCCCCCCC(=O)NCC[N+]1(C)CCN=C1CCCCCCC/C=C/CCCCCCCC.COS(=O)(=O)[O-]. The summed E-state index contributed by atoms with van der Waals surface area (Å²) in [5, 5.41) is 3.20. The van der Waals surface area contributed by atoms with E-state index in [4.69, 9.17) is 4.99 Å². The number of aliphatic imine (C=N–C) groups is 1. The van der Waals surface area contributed by atoms with Gasteiger partial charge in [-0.1, -0.05) is 141 Å². The fourth-order valence-corrected chi connectivity index (χ4v) is 6.53. The Labute approximate surface area is 316 Å². The third kappa shape index (κ3) is 34.0. The summed E-state index contributed by atoms with van der Waals surface area (Å²) in [6.45, 7) is 8.34. The number of hydrogen-bond donors (Lipinski definition) is 1. The first-order chi connectivity index (χ1) is 24.7. The summed E-state index contributed by atoms with van der Waals surface area (Å²) in [5.41, 5.74) is 0. The lowest BCUT2D eigenvalue weighted by Gasteiger charge is -2.30. The highest BCUT2D eigenvalue weighted by atomic mass is 32.3. The van der Waals surface area contributed by atoms with Crippen molar-refractivity contribution in [3.8, 4) is 0 Å². The molecular weight excluding hydrogens is 659 g/mol. The Kier molecular flexibility index (Phi) is 34.4. The third-order valence-electron chi connectivity index (χ3n) is 9.97. The van der Waals surface area contributed by atoms with E-state index in [1.165, 1.54) is 166 Å². The lowest BCUT2D eigenvalue weighted by atomic mass is 10.1. The molecule has 0 radical (unpaired) electrons. The van der Waals surface area contributed by atoms with E-state index in [0.29, 0.717) is 6.42 Å². The number of quaternary nitrogens is 1. The van der Waals surface area contributed by atoms with Gasteiger partial charge in [-0.25, -0.2) is 13.4 Å². The molecule has 0 aromatic carbocycles. The molecule has 1 aliphatic rings. The van der Waals surface area contributed by atoms with E-state index in [1.807, 2.05) is 0 Å². The van der Waals surface area contributed by atoms with Gasteiger partial charge in [-0.05, 0) is 64.2 Å². The molecule has 0 saturated carbocycles. The Morgan fingerprint density at radius 2 is 1.10 bits per heavy atom. The van der Waals surface area contributed by atoms with Crippen LogP contribution in [0.4, 0.5) is 0 Å². The van der Waals surface area contributed by atoms with Crippen LogP contribution in [-0.4, -0.2) is 69.5 Å². The Morgan fingerprint density at radius 3 is 1.53 bits per heavy atom. The molecule has 1 atom stereocenters. The highest BCUT2D eigenvalue weighted by molar-refractivity contribution is 7.80. The summed E-state index contributed by atoms with van der Waals surface area (Å²) in [4.78, 5) is 17.3. The van der Waals surface area contributed by atoms with E-state index in [1.54, 1.807) is 0 Å². The van der Waals surface area contributed by atoms with Crippen LogP contribution >= 0.6 is 0 Å². The maximum atomic E-state index is 12.4. The summed E-state index contributed by atoms with van der Waals surface area (Å²) >= 11 is 0. The topological polar surface area (TPSA) is 108 Å². The molecule has 0 bridgehead atoms. The van der Waals surface area contributed by atoms with Crippen LogP contribution in [-0.2, 0) is 19.4 Å². The fourth-order valence-electron chi connectivity index (χ4n) is 6.53. The average Bonchev–Trinajstić information content (AvgIpc) is 3.47. The van der Waals surface area contributed by atoms with Crippen LogP contribution in [0.2, 0.25) is 0 Å². The number of rotatable bonds is 34. The summed E-state index contributed by atoms with van der Waals surface area (Å²) in [7, 11) is -1.29. The number of amidine groups is 1. The predicted octanol–water partition coefficient (Wildman–Crippen LogP) is 11.1. The molecule has 1 amide bonds. The second kappa shape index (κ2) is 35.5. The zero-order valence-electron chi connectivity index (χ0n) is 33.8. The van der Waals surface area contributed by atoms with Crippen molar-refractivity contribution in [2.24, 2.45) is 4.99 Å². The van der Waals surface area contributed by atoms with E-state index in [-0.39, 0.29) is 5.91 Å². The van der Waals surface area contributed by atoms with Crippen molar-refractivity contribution < 1.29 is 26.4 Å². The summed E-state index contributed by atoms with van der Waals surface area (Å²) in [6, 6.07) is 0. The van der Waals surface area contributed by atoms with Crippen LogP contribution in [0.5, 0.6) is 0 Å². The standard InChI is InChI=1S/C41H77N3O.CH4O4S/c1-4-6-8-10-12-14-16-18-20-22-24-26-28-30-32-34-40-42-36-38-44(40,3)39-37-43-41(45)35-33-31-29-27-25-23-21-19-17-15-13-11-9-7-5-2;1-5-6(2,3)4/h18-21H,4-17,22-39H2,1-3H3;1H3,(H,2,3,4)/b20-18+,21-19+;. The van der Waals surface area contributed by atoms with Gasteiger partial charge in [-0.15, -0.1) is 0 Å². The van der Waals surface area contributed by atoms with Crippen molar-refractivity contribution in [3.63, 3.8) is 0 Å². The number of amides is 1. The van der Waals surface area contributed by atoms with E-state index in [9.17, 15) is 17.8 Å². The molecule has 51 heavy (non-hydrogen) atoms. The molecule has 1 rings (SSSR count). The van der Waals surface area contributed by atoms with E-state index in [0.717, 1.165) is 50.6 Å². The highest BCUT2D eigenvalue weighted by Gasteiger charge is 2.32. The van der Waals surface area contributed by atoms with Crippen LogP contribution in [0, 0.1) is 0 Å². The summed E-state index contributed by atoms with van der Waals surface area (Å²) in [6.07, 6.45) is 45.7. The van der Waals surface area contributed by atoms with Crippen molar-refractivity contribution in [1.29, 1.82) is 0 Å². The van der Waals surface area contributed by atoms with Gasteiger partial charge in [-0.2, -0.15) is 0 Å². The first kappa shape index (κ1) is 49.5. The van der Waals surface area contributed by atoms with Crippen molar-refractivity contribution in [2.45, 2.75) is 194 Å². The van der Waals surface area contributed by atoms with E-state index < -0.39 is 10.4 Å². The first-order valence-electron chi connectivity index (χ1n) is 21.1. The van der Waals surface area contributed by atoms with Crippen molar-refractivity contribution >= 4 is 22.1 Å². The number of unbranched alkanes of at least 4 members (excludes halogenated alkanes) is 22. The van der Waals surface area contributed by atoms with Gasteiger partial charge in [0, 0.05) is 12.8 Å². The molecule has 300 valence electrons. The number of allylic oxidation sites excluding steroid dienone is 4. The molecule has 0 aliphatic carbocycles. The van der Waals surface area contributed by atoms with Gasteiger partial charge in [0.1, 0.15) is 13.1 Å². The number of hydrogen-bond acceptors (Lipinski definition) is 6. The Balaban J connectivity index is 0.00000381. The van der Waals surface area contributed by atoms with Gasteiger partial charge in [0.25, 0.3) is 0 Å². The minimum Gasteiger partial charge on any atom is -0.726 e. The second-order valence-electron chi connectivity index (χ2n) is 14.7. The van der Waals surface area contributed by atoms with Gasteiger partial charge in [0.2, 0.25) is 16.3 Å². The lowest BCUT2D eigenvalue weighted by molar-refractivity contribution is -0.814. The van der Waals surface area contributed by atoms with Gasteiger partial charge in [0.05, 0.1) is 27.2 Å².